The van der Waals surface area contributed by atoms with Crippen molar-refractivity contribution in [3.05, 3.63) is 63.7 Å². The topological polar surface area (TPSA) is 98.9 Å². The Morgan fingerprint density at radius 1 is 1.27 bits per heavy atom. The number of phenols is 1. The van der Waals surface area contributed by atoms with Crippen LogP contribution in [-0.4, -0.2) is 29.5 Å². The SMILES string of the molecule is COc1cc(C=CC(=O)c2ccc(OC(F)F)cc2)cc([N+](=O)[O-])c1O. The average Bonchev–Trinajstić information content (AvgIpc) is 2.60. The van der Waals surface area contributed by atoms with Crippen molar-refractivity contribution in [1.29, 1.82) is 0 Å². The fourth-order valence-corrected chi connectivity index (χ4v) is 2.07. The van der Waals surface area contributed by atoms with Crippen molar-refractivity contribution in [3.63, 3.8) is 0 Å². The Bertz CT molecular complexity index is 849. The Hall–Kier alpha value is -3.49. The zero-order valence-electron chi connectivity index (χ0n) is 13.4. The van der Waals surface area contributed by atoms with Crippen LogP contribution >= 0.6 is 0 Å². The first-order valence-corrected chi connectivity index (χ1v) is 7.14. The molecule has 0 saturated heterocycles. The van der Waals surface area contributed by atoms with Gasteiger partial charge in [0.2, 0.25) is 5.75 Å². The number of carbonyl (C=O) groups is 1. The Balaban J connectivity index is 2.22. The number of allylic oxidation sites excluding steroid dienone is 1. The molecule has 2 aromatic rings. The van der Waals surface area contributed by atoms with Gasteiger partial charge in [-0.3, -0.25) is 14.9 Å². The molecule has 9 heteroatoms. The zero-order chi connectivity index (χ0) is 19.3. The van der Waals surface area contributed by atoms with Crippen molar-refractivity contribution < 1.29 is 33.1 Å². The van der Waals surface area contributed by atoms with Crippen LogP contribution in [0.1, 0.15) is 15.9 Å². The van der Waals surface area contributed by atoms with Crippen LogP contribution in [0.5, 0.6) is 17.2 Å². The largest absolute Gasteiger partial charge is 0.500 e. The lowest BCUT2D eigenvalue weighted by atomic mass is 10.1. The predicted molar refractivity (Wildman–Crippen MR) is 87.8 cm³/mol. The number of hydrogen-bond donors (Lipinski definition) is 1. The van der Waals surface area contributed by atoms with Gasteiger partial charge in [-0.1, -0.05) is 6.08 Å². The number of benzene rings is 2. The number of methoxy groups -OCH3 is 1. The molecule has 136 valence electrons. The summed E-state index contributed by atoms with van der Waals surface area (Å²) in [5.74, 6) is -1.27. The summed E-state index contributed by atoms with van der Waals surface area (Å²) in [4.78, 5) is 22.3. The molecule has 0 radical (unpaired) electrons. The lowest BCUT2D eigenvalue weighted by Gasteiger charge is -2.05. The van der Waals surface area contributed by atoms with E-state index in [0.29, 0.717) is 0 Å². The van der Waals surface area contributed by atoms with Crippen molar-refractivity contribution in [2.24, 2.45) is 0 Å². The summed E-state index contributed by atoms with van der Waals surface area (Å²) < 4.78 is 33.2. The van der Waals surface area contributed by atoms with Crippen molar-refractivity contribution in [3.8, 4) is 17.2 Å². The summed E-state index contributed by atoms with van der Waals surface area (Å²) in [6, 6.07) is 7.48. The summed E-state index contributed by atoms with van der Waals surface area (Å²) in [6.45, 7) is -2.96. The number of nitrogens with zero attached hydrogens (tertiary/aromatic N) is 1. The smallest absolute Gasteiger partial charge is 0.387 e. The third kappa shape index (κ3) is 4.53. The third-order valence-electron chi connectivity index (χ3n) is 3.28. The molecule has 0 heterocycles. The first-order chi connectivity index (χ1) is 12.3. The number of ketones is 1. The molecule has 1 N–H and O–H groups in total. The Labute approximate surface area is 146 Å². The van der Waals surface area contributed by atoms with Crippen LogP contribution in [0.4, 0.5) is 14.5 Å². The minimum Gasteiger partial charge on any atom is -0.500 e. The number of aromatic hydroxyl groups is 1. The number of phenolic OH excluding ortho intramolecular Hbond substituents is 1. The normalized spacial score (nSPS) is 10.9. The van der Waals surface area contributed by atoms with E-state index in [1.54, 1.807) is 0 Å². The van der Waals surface area contributed by atoms with Gasteiger partial charge in [-0.05, 0) is 42.0 Å². The Kier molecular flexibility index (Phi) is 5.84. The molecule has 2 rings (SSSR count). The highest BCUT2D eigenvalue weighted by molar-refractivity contribution is 6.06. The van der Waals surface area contributed by atoms with Gasteiger partial charge in [-0.15, -0.1) is 0 Å². The molecule has 0 aromatic heterocycles. The van der Waals surface area contributed by atoms with E-state index in [1.165, 1.54) is 43.5 Å². The molecule has 0 saturated carbocycles. The molecular formula is C17H13F2NO6. The number of nitro groups is 1. The molecule has 0 aliphatic rings. The fraction of sp³-hybridized carbons (Fsp3) is 0.118. The lowest BCUT2D eigenvalue weighted by Crippen LogP contribution is -2.02. The van der Waals surface area contributed by atoms with Gasteiger partial charge in [-0.2, -0.15) is 8.78 Å². The zero-order valence-corrected chi connectivity index (χ0v) is 13.4. The van der Waals surface area contributed by atoms with Crippen LogP contribution in [0.15, 0.2) is 42.5 Å². The number of ether oxygens (including phenoxy) is 2. The maximum atomic E-state index is 12.1. The van der Waals surface area contributed by atoms with Gasteiger partial charge < -0.3 is 14.6 Å². The average molecular weight is 365 g/mol. The number of halogens is 2. The highest BCUT2D eigenvalue weighted by Crippen LogP contribution is 2.37. The molecule has 0 bridgehead atoms. The molecule has 26 heavy (non-hydrogen) atoms. The fourth-order valence-electron chi connectivity index (χ4n) is 2.07. The summed E-state index contributed by atoms with van der Waals surface area (Å²) in [5, 5.41) is 20.6. The van der Waals surface area contributed by atoms with E-state index >= 15 is 0 Å². The van der Waals surface area contributed by atoms with E-state index in [1.807, 2.05) is 0 Å². The van der Waals surface area contributed by atoms with Gasteiger partial charge in [-0.25, -0.2) is 0 Å². The third-order valence-corrected chi connectivity index (χ3v) is 3.28. The van der Waals surface area contributed by atoms with E-state index in [4.69, 9.17) is 4.74 Å². The van der Waals surface area contributed by atoms with Crippen LogP contribution in [0.25, 0.3) is 6.08 Å². The highest BCUT2D eigenvalue weighted by Gasteiger charge is 2.19. The summed E-state index contributed by atoms with van der Waals surface area (Å²) in [7, 11) is 1.24. The first-order valence-electron chi connectivity index (χ1n) is 7.14. The number of alkyl halides is 2. The summed E-state index contributed by atoms with van der Waals surface area (Å²) >= 11 is 0. The van der Waals surface area contributed by atoms with Gasteiger partial charge in [0.15, 0.2) is 11.5 Å². The number of nitro benzene ring substituents is 1. The minimum absolute atomic E-state index is 0.0839. The molecule has 0 aliphatic carbocycles. The highest BCUT2D eigenvalue weighted by atomic mass is 19.3. The van der Waals surface area contributed by atoms with Crippen LogP contribution in [0.2, 0.25) is 0 Å². The van der Waals surface area contributed by atoms with Crippen LogP contribution in [-0.2, 0) is 0 Å². The van der Waals surface area contributed by atoms with Gasteiger partial charge in [0, 0.05) is 11.6 Å². The van der Waals surface area contributed by atoms with E-state index in [-0.39, 0.29) is 22.6 Å². The Morgan fingerprint density at radius 3 is 2.46 bits per heavy atom. The molecule has 0 atom stereocenters. The van der Waals surface area contributed by atoms with E-state index in [9.17, 15) is 28.8 Å². The first kappa shape index (κ1) is 18.8. The molecule has 0 aliphatic heterocycles. The summed E-state index contributed by atoms with van der Waals surface area (Å²) in [6.07, 6.45) is 2.46. The van der Waals surface area contributed by atoms with Crippen molar-refractivity contribution in [2.45, 2.75) is 6.61 Å². The van der Waals surface area contributed by atoms with Gasteiger partial charge in [0.05, 0.1) is 12.0 Å². The predicted octanol–water partition coefficient (Wildman–Crippen LogP) is 3.81. The van der Waals surface area contributed by atoms with Crippen LogP contribution < -0.4 is 9.47 Å². The molecular weight excluding hydrogens is 352 g/mol. The van der Waals surface area contributed by atoms with Crippen LogP contribution in [0.3, 0.4) is 0 Å². The van der Waals surface area contributed by atoms with E-state index in [0.717, 1.165) is 12.1 Å². The van der Waals surface area contributed by atoms with Gasteiger partial charge >= 0.3 is 12.3 Å². The second-order valence-corrected chi connectivity index (χ2v) is 4.95. The monoisotopic (exact) mass is 365 g/mol. The van der Waals surface area contributed by atoms with E-state index in [2.05, 4.69) is 4.74 Å². The van der Waals surface area contributed by atoms with Gasteiger partial charge in [0.1, 0.15) is 5.75 Å². The van der Waals surface area contributed by atoms with Crippen LogP contribution in [0, 0.1) is 10.1 Å². The van der Waals surface area contributed by atoms with Gasteiger partial charge in [0.25, 0.3) is 0 Å². The maximum Gasteiger partial charge on any atom is 0.387 e. The number of carbonyl (C=O) groups excluding carboxylic acids is 1. The van der Waals surface area contributed by atoms with Crippen molar-refractivity contribution >= 4 is 17.5 Å². The molecule has 0 unspecified atom stereocenters. The number of rotatable bonds is 7. The lowest BCUT2D eigenvalue weighted by molar-refractivity contribution is -0.386. The van der Waals surface area contributed by atoms with Crippen molar-refractivity contribution in [2.75, 3.05) is 7.11 Å². The molecule has 7 nitrogen and oxygen atoms in total. The Morgan fingerprint density at radius 2 is 1.92 bits per heavy atom. The molecule has 0 fully saturated rings. The van der Waals surface area contributed by atoms with Crippen molar-refractivity contribution in [1.82, 2.24) is 0 Å². The molecule has 0 spiro atoms. The maximum absolute atomic E-state index is 12.1. The summed E-state index contributed by atoms with van der Waals surface area (Å²) in [5.41, 5.74) is -0.0922. The standard InChI is InChI=1S/C17H13F2NO6/c1-25-15-9-10(8-13(16(15)22)20(23)24)2-7-14(21)11-3-5-12(6-4-11)26-17(18)19/h2-9,17,22H,1H3. The molecule has 0 amide bonds. The second-order valence-electron chi connectivity index (χ2n) is 4.95. The number of hydrogen-bond acceptors (Lipinski definition) is 6. The minimum atomic E-state index is -2.96. The molecule has 2 aromatic carbocycles. The van der Waals surface area contributed by atoms with E-state index < -0.39 is 28.8 Å². The quantitative estimate of drug-likeness (QED) is 0.347. The second kappa shape index (κ2) is 8.06.